The number of carbonyl (C=O) groups is 2. The molecule has 0 saturated carbocycles. The van der Waals surface area contributed by atoms with E-state index in [0.29, 0.717) is 28.7 Å². The van der Waals surface area contributed by atoms with Crippen molar-refractivity contribution in [2.75, 3.05) is 13.2 Å². The number of hydrogen-bond acceptors (Lipinski definition) is 5. The van der Waals surface area contributed by atoms with Gasteiger partial charge < -0.3 is 9.47 Å². The van der Waals surface area contributed by atoms with Crippen LogP contribution in [0.15, 0.2) is 36.4 Å². The number of rotatable bonds is 11. The second-order valence-electron chi connectivity index (χ2n) is 7.90. The fraction of sp³-hybridized carbons (Fsp3) is 0.400. The maximum atomic E-state index is 12.3. The summed E-state index contributed by atoms with van der Waals surface area (Å²) in [5, 5.41) is 3.14. The molecular formula is C25H32ClN3O4S. The molecule has 3 N–H and O–H groups in total. The van der Waals surface area contributed by atoms with Gasteiger partial charge in [0.2, 0.25) is 0 Å². The van der Waals surface area contributed by atoms with Crippen molar-refractivity contribution in [3.63, 3.8) is 0 Å². The largest absolute Gasteiger partial charge is 0.494 e. The predicted molar refractivity (Wildman–Crippen MR) is 138 cm³/mol. The molecule has 0 bridgehead atoms. The van der Waals surface area contributed by atoms with E-state index in [0.717, 1.165) is 24.0 Å². The quantitative estimate of drug-likeness (QED) is 0.226. The zero-order chi connectivity index (χ0) is 24.9. The highest BCUT2D eigenvalue weighted by molar-refractivity contribution is 7.80. The third-order valence-electron chi connectivity index (χ3n) is 4.96. The minimum Gasteiger partial charge on any atom is -0.494 e. The molecule has 0 aromatic heterocycles. The highest BCUT2D eigenvalue weighted by Crippen LogP contribution is 2.25. The lowest BCUT2D eigenvalue weighted by Gasteiger charge is -2.12. The van der Waals surface area contributed by atoms with Gasteiger partial charge in [-0.15, -0.1) is 0 Å². The Hall–Kier alpha value is -2.84. The lowest BCUT2D eigenvalue weighted by molar-refractivity contribution is -0.123. The third kappa shape index (κ3) is 9.57. The minimum atomic E-state index is -0.460. The Morgan fingerprint density at radius 2 is 1.56 bits per heavy atom. The molecule has 0 heterocycles. The predicted octanol–water partition coefficient (Wildman–Crippen LogP) is 5.02. The summed E-state index contributed by atoms with van der Waals surface area (Å²) in [5.41, 5.74) is 7.01. The summed E-state index contributed by atoms with van der Waals surface area (Å²) in [7, 11) is 0. The molecule has 0 fully saturated rings. The van der Waals surface area contributed by atoms with Gasteiger partial charge in [0, 0.05) is 10.6 Å². The minimum absolute atomic E-state index is 0.0380. The maximum Gasteiger partial charge on any atom is 0.276 e. The van der Waals surface area contributed by atoms with Crippen molar-refractivity contribution >= 4 is 40.7 Å². The summed E-state index contributed by atoms with van der Waals surface area (Å²) in [6, 6.07) is 10.3. The van der Waals surface area contributed by atoms with Crippen LogP contribution in [0.1, 0.15) is 60.5 Å². The molecule has 2 aromatic rings. The normalized spacial score (nSPS) is 10.4. The molecule has 2 aromatic carbocycles. The molecule has 2 rings (SSSR count). The Morgan fingerprint density at radius 3 is 2.21 bits per heavy atom. The molecule has 7 nitrogen and oxygen atoms in total. The first kappa shape index (κ1) is 27.4. The molecule has 34 heavy (non-hydrogen) atoms. The molecule has 0 aliphatic carbocycles. The molecule has 0 saturated heterocycles. The Labute approximate surface area is 211 Å². The molecule has 0 aliphatic rings. The second-order valence-corrected chi connectivity index (χ2v) is 8.69. The number of carbonyl (C=O) groups excluding carboxylic acids is 2. The van der Waals surface area contributed by atoms with Gasteiger partial charge in [0.15, 0.2) is 11.7 Å². The highest BCUT2D eigenvalue weighted by Gasteiger charge is 2.10. The number of nitrogens with one attached hydrogen (secondary N) is 3. The van der Waals surface area contributed by atoms with Crippen LogP contribution < -0.4 is 25.6 Å². The number of unbranched alkanes of at least 4 members (excludes halogenated alkanes) is 4. The van der Waals surface area contributed by atoms with E-state index in [1.54, 1.807) is 36.4 Å². The Morgan fingerprint density at radius 1 is 0.912 bits per heavy atom. The first-order valence-corrected chi connectivity index (χ1v) is 12.1. The summed E-state index contributed by atoms with van der Waals surface area (Å²) in [5.74, 6) is 0.389. The van der Waals surface area contributed by atoms with Crippen LogP contribution in [-0.4, -0.2) is 30.1 Å². The van der Waals surface area contributed by atoms with Gasteiger partial charge in [0.05, 0.1) is 6.61 Å². The Bertz CT molecular complexity index is 960. The molecule has 0 radical (unpaired) electrons. The zero-order valence-electron chi connectivity index (χ0n) is 19.8. The number of thiocarbonyl (C=S) groups is 1. The van der Waals surface area contributed by atoms with E-state index >= 15 is 0 Å². The van der Waals surface area contributed by atoms with Crippen LogP contribution in [0.4, 0.5) is 0 Å². The van der Waals surface area contributed by atoms with Crippen LogP contribution in [-0.2, 0) is 4.79 Å². The standard InChI is InChI=1S/C25H32ClN3O4S/c1-4-5-6-7-8-13-32-20-11-9-19(10-12-20)24(31)27-25(34)29-28-22(30)16-33-21-14-17(2)23(26)18(3)15-21/h9-12,14-15H,4-8,13,16H2,1-3H3,(H,28,30)(H2,27,29,31,34). The number of benzene rings is 2. The van der Waals surface area contributed by atoms with Gasteiger partial charge in [-0.1, -0.05) is 44.2 Å². The van der Waals surface area contributed by atoms with Crippen molar-refractivity contribution in [3.05, 3.63) is 58.1 Å². The lowest BCUT2D eigenvalue weighted by Crippen LogP contribution is -2.49. The average Bonchev–Trinajstić information content (AvgIpc) is 2.82. The number of hydrazine groups is 1. The molecule has 0 unspecified atom stereocenters. The Balaban J connectivity index is 1.69. The van der Waals surface area contributed by atoms with E-state index in [1.165, 1.54) is 19.3 Å². The van der Waals surface area contributed by atoms with E-state index in [9.17, 15) is 9.59 Å². The average molecular weight is 506 g/mol. The number of aryl methyl sites for hydroxylation is 2. The molecule has 9 heteroatoms. The summed E-state index contributed by atoms with van der Waals surface area (Å²) >= 11 is 11.2. The molecule has 184 valence electrons. The summed E-state index contributed by atoms with van der Waals surface area (Å²) in [4.78, 5) is 24.3. The molecule has 0 spiro atoms. The van der Waals surface area contributed by atoms with Gasteiger partial charge in [-0.05, 0) is 80.0 Å². The number of ether oxygens (including phenoxy) is 2. The fourth-order valence-electron chi connectivity index (χ4n) is 3.11. The van der Waals surface area contributed by atoms with Crippen molar-refractivity contribution in [1.82, 2.24) is 16.2 Å². The van der Waals surface area contributed by atoms with Crippen molar-refractivity contribution in [2.24, 2.45) is 0 Å². The topological polar surface area (TPSA) is 88.7 Å². The number of hydrogen-bond donors (Lipinski definition) is 3. The lowest BCUT2D eigenvalue weighted by atomic mass is 10.1. The Kier molecular flexibility index (Phi) is 11.6. The first-order chi connectivity index (χ1) is 16.3. The monoisotopic (exact) mass is 505 g/mol. The van der Waals surface area contributed by atoms with E-state index in [1.807, 2.05) is 13.8 Å². The summed E-state index contributed by atoms with van der Waals surface area (Å²) < 4.78 is 11.2. The van der Waals surface area contributed by atoms with Crippen LogP contribution >= 0.6 is 23.8 Å². The molecule has 0 atom stereocenters. The highest BCUT2D eigenvalue weighted by atomic mass is 35.5. The number of halogens is 1. The third-order valence-corrected chi connectivity index (χ3v) is 5.76. The van der Waals surface area contributed by atoms with E-state index in [2.05, 4.69) is 23.1 Å². The fourth-order valence-corrected chi connectivity index (χ4v) is 3.36. The smallest absolute Gasteiger partial charge is 0.276 e. The van der Waals surface area contributed by atoms with Gasteiger partial charge in [0.25, 0.3) is 11.8 Å². The first-order valence-electron chi connectivity index (χ1n) is 11.3. The van der Waals surface area contributed by atoms with Crippen molar-refractivity contribution in [2.45, 2.75) is 52.9 Å². The van der Waals surface area contributed by atoms with Crippen LogP contribution in [0.2, 0.25) is 5.02 Å². The van der Waals surface area contributed by atoms with E-state index in [-0.39, 0.29) is 11.7 Å². The van der Waals surface area contributed by atoms with Gasteiger partial charge in [-0.2, -0.15) is 0 Å². The van der Waals surface area contributed by atoms with Crippen molar-refractivity contribution in [3.8, 4) is 11.5 Å². The zero-order valence-corrected chi connectivity index (χ0v) is 21.4. The molecule has 0 aliphatic heterocycles. The molecule has 2 amide bonds. The second kappa shape index (κ2) is 14.4. The van der Waals surface area contributed by atoms with Gasteiger partial charge in [-0.3, -0.25) is 25.8 Å². The van der Waals surface area contributed by atoms with E-state index in [4.69, 9.17) is 33.3 Å². The van der Waals surface area contributed by atoms with Gasteiger partial charge in [-0.25, -0.2) is 0 Å². The van der Waals surface area contributed by atoms with Gasteiger partial charge >= 0.3 is 0 Å². The van der Waals surface area contributed by atoms with Crippen LogP contribution in [0.5, 0.6) is 11.5 Å². The SMILES string of the molecule is CCCCCCCOc1ccc(C(=O)NC(=S)NNC(=O)COc2cc(C)c(Cl)c(C)c2)cc1. The van der Waals surface area contributed by atoms with Crippen LogP contribution in [0, 0.1) is 13.8 Å². The maximum absolute atomic E-state index is 12.3. The van der Waals surface area contributed by atoms with Gasteiger partial charge in [0.1, 0.15) is 11.5 Å². The van der Waals surface area contributed by atoms with Crippen LogP contribution in [0.25, 0.3) is 0 Å². The van der Waals surface area contributed by atoms with Crippen LogP contribution in [0.3, 0.4) is 0 Å². The number of amides is 2. The van der Waals surface area contributed by atoms with E-state index < -0.39 is 11.8 Å². The molecular weight excluding hydrogens is 474 g/mol. The van der Waals surface area contributed by atoms with Crippen molar-refractivity contribution in [1.29, 1.82) is 0 Å². The summed E-state index contributed by atoms with van der Waals surface area (Å²) in [6.45, 7) is 6.34. The van der Waals surface area contributed by atoms with Crippen molar-refractivity contribution < 1.29 is 19.1 Å². The summed E-state index contributed by atoms with van der Waals surface area (Å²) in [6.07, 6.45) is 5.86.